The Morgan fingerprint density at radius 1 is 1.12 bits per heavy atom. The van der Waals surface area contributed by atoms with Gasteiger partial charge in [-0.25, -0.2) is 13.2 Å². The maximum atomic E-state index is 13.3. The number of halogens is 3. The van der Waals surface area contributed by atoms with Gasteiger partial charge in [-0.3, -0.25) is 0 Å². The first-order valence-corrected chi connectivity index (χ1v) is 5.54. The van der Waals surface area contributed by atoms with Gasteiger partial charge in [-0.15, -0.1) is 0 Å². The Hall–Kier alpha value is -1.03. The maximum Gasteiger partial charge on any atom is 0.194 e. The summed E-state index contributed by atoms with van der Waals surface area (Å²) in [5.74, 6) is -3.80. The lowest BCUT2D eigenvalue weighted by molar-refractivity contribution is 0.0558. The summed E-state index contributed by atoms with van der Waals surface area (Å²) in [5.41, 5.74) is -0.220. The highest BCUT2D eigenvalue weighted by Crippen LogP contribution is 2.24. The van der Waals surface area contributed by atoms with Gasteiger partial charge in [-0.1, -0.05) is 26.8 Å². The van der Waals surface area contributed by atoms with Crippen LogP contribution in [0.2, 0.25) is 0 Å². The molecule has 1 unspecified atom stereocenters. The lowest BCUT2D eigenvalue weighted by Gasteiger charge is -2.25. The fraction of sp³-hybridized carbons (Fsp3) is 0.538. The number of aryl methyl sites for hydroxylation is 1. The summed E-state index contributed by atoms with van der Waals surface area (Å²) in [6.45, 7) is 5.58. The van der Waals surface area contributed by atoms with Crippen molar-refractivity contribution in [2.75, 3.05) is 0 Å². The Balaban J connectivity index is 2.74. The third-order valence-corrected chi connectivity index (χ3v) is 2.80. The van der Waals surface area contributed by atoms with Gasteiger partial charge in [0.2, 0.25) is 0 Å². The van der Waals surface area contributed by atoms with Gasteiger partial charge >= 0.3 is 0 Å². The summed E-state index contributed by atoms with van der Waals surface area (Å²) >= 11 is 0. The lowest BCUT2D eigenvalue weighted by Crippen LogP contribution is -2.26. The average molecular weight is 246 g/mol. The summed E-state index contributed by atoms with van der Waals surface area (Å²) in [7, 11) is 0. The molecular weight excluding hydrogens is 229 g/mol. The zero-order valence-electron chi connectivity index (χ0n) is 10.2. The molecule has 0 fully saturated rings. The standard InChI is InChI=1S/C13H17F3O/c1-13(2,3)10(17)7-5-8-4-6-9(14)12(16)11(8)15/h4,6,10,17H,5,7H2,1-3H3. The summed E-state index contributed by atoms with van der Waals surface area (Å²) in [5, 5.41) is 9.77. The van der Waals surface area contributed by atoms with Crippen molar-refractivity contribution in [3.63, 3.8) is 0 Å². The number of rotatable bonds is 3. The van der Waals surface area contributed by atoms with Crippen LogP contribution >= 0.6 is 0 Å². The fourth-order valence-electron chi connectivity index (χ4n) is 1.48. The molecule has 1 aromatic carbocycles. The number of hydrogen-bond donors (Lipinski definition) is 1. The van der Waals surface area contributed by atoms with Crippen LogP contribution in [0.4, 0.5) is 13.2 Å². The van der Waals surface area contributed by atoms with Crippen molar-refractivity contribution in [2.45, 2.75) is 39.7 Å². The Labute approximate surface area is 99.3 Å². The van der Waals surface area contributed by atoms with Crippen LogP contribution in [0.25, 0.3) is 0 Å². The molecule has 0 spiro atoms. The van der Waals surface area contributed by atoms with E-state index in [1.165, 1.54) is 6.07 Å². The van der Waals surface area contributed by atoms with Crippen molar-refractivity contribution >= 4 is 0 Å². The molecule has 0 aromatic heterocycles. The third-order valence-electron chi connectivity index (χ3n) is 2.80. The molecule has 1 nitrogen and oxygen atoms in total. The van der Waals surface area contributed by atoms with E-state index in [9.17, 15) is 18.3 Å². The van der Waals surface area contributed by atoms with E-state index in [1.54, 1.807) is 0 Å². The molecule has 0 amide bonds. The van der Waals surface area contributed by atoms with Crippen molar-refractivity contribution < 1.29 is 18.3 Å². The van der Waals surface area contributed by atoms with Crippen LogP contribution in [0.1, 0.15) is 32.8 Å². The van der Waals surface area contributed by atoms with Gasteiger partial charge in [0.15, 0.2) is 17.5 Å². The van der Waals surface area contributed by atoms with Gasteiger partial charge in [0, 0.05) is 0 Å². The average Bonchev–Trinajstić information content (AvgIpc) is 2.23. The van der Waals surface area contributed by atoms with Crippen molar-refractivity contribution in [1.29, 1.82) is 0 Å². The molecule has 0 bridgehead atoms. The maximum absolute atomic E-state index is 13.3. The van der Waals surface area contributed by atoms with E-state index in [2.05, 4.69) is 0 Å². The van der Waals surface area contributed by atoms with Crippen molar-refractivity contribution in [3.8, 4) is 0 Å². The third kappa shape index (κ3) is 3.46. The van der Waals surface area contributed by atoms with E-state index in [-0.39, 0.29) is 17.4 Å². The first kappa shape index (κ1) is 14.0. The molecule has 96 valence electrons. The van der Waals surface area contributed by atoms with Crippen LogP contribution in [-0.2, 0) is 6.42 Å². The molecule has 0 radical (unpaired) electrons. The molecule has 1 N–H and O–H groups in total. The lowest BCUT2D eigenvalue weighted by atomic mass is 9.86. The Bertz CT molecular complexity index is 396. The summed E-state index contributed by atoms with van der Waals surface area (Å²) in [4.78, 5) is 0. The smallest absolute Gasteiger partial charge is 0.194 e. The highest BCUT2D eigenvalue weighted by Gasteiger charge is 2.22. The quantitative estimate of drug-likeness (QED) is 0.810. The van der Waals surface area contributed by atoms with Crippen LogP contribution in [0.5, 0.6) is 0 Å². The predicted molar refractivity (Wildman–Crippen MR) is 60.1 cm³/mol. The number of benzene rings is 1. The van der Waals surface area contributed by atoms with E-state index in [1.807, 2.05) is 20.8 Å². The highest BCUT2D eigenvalue weighted by molar-refractivity contribution is 5.20. The van der Waals surface area contributed by atoms with E-state index in [0.717, 1.165) is 6.07 Å². The Morgan fingerprint density at radius 3 is 2.24 bits per heavy atom. The first-order valence-electron chi connectivity index (χ1n) is 5.54. The molecule has 0 aliphatic heterocycles. The molecule has 1 aromatic rings. The van der Waals surface area contributed by atoms with E-state index in [0.29, 0.717) is 6.42 Å². The Morgan fingerprint density at radius 2 is 1.71 bits per heavy atom. The molecule has 1 rings (SSSR count). The van der Waals surface area contributed by atoms with Gasteiger partial charge < -0.3 is 5.11 Å². The summed E-state index contributed by atoms with van der Waals surface area (Å²) in [6.07, 6.45) is -0.123. The van der Waals surface area contributed by atoms with Gasteiger partial charge in [-0.2, -0.15) is 0 Å². The van der Waals surface area contributed by atoms with Gasteiger partial charge in [-0.05, 0) is 29.9 Å². The largest absolute Gasteiger partial charge is 0.393 e. The Kier molecular flexibility index (Phi) is 4.20. The number of aliphatic hydroxyl groups is 1. The topological polar surface area (TPSA) is 20.2 Å². The van der Waals surface area contributed by atoms with Crippen LogP contribution < -0.4 is 0 Å². The van der Waals surface area contributed by atoms with Crippen LogP contribution in [0, 0.1) is 22.9 Å². The summed E-state index contributed by atoms with van der Waals surface area (Å²) in [6, 6.07) is 2.11. The number of aliphatic hydroxyl groups excluding tert-OH is 1. The molecule has 1 atom stereocenters. The normalized spacial score (nSPS) is 13.8. The molecule has 0 heterocycles. The van der Waals surface area contributed by atoms with E-state index >= 15 is 0 Å². The zero-order valence-corrected chi connectivity index (χ0v) is 10.2. The second-order valence-corrected chi connectivity index (χ2v) is 5.25. The predicted octanol–water partition coefficient (Wildman–Crippen LogP) is 3.44. The molecular formula is C13H17F3O. The van der Waals surface area contributed by atoms with E-state index in [4.69, 9.17) is 0 Å². The monoisotopic (exact) mass is 246 g/mol. The second-order valence-electron chi connectivity index (χ2n) is 5.25. The molecule has 4 heteroatoms. The summed E-state index contributed by atoms with van der Waals surface area (Å²) < 4.78 is 38.9. The second kappa shape index (κ2) is 5.08. The zero-order chi connectivity index (χ0) is 13.2. The number of hydrogen-bond acceptors (Lipinski definition) is 1. The van der Waals surface area contributed by atoms with Crippen molar-refractivity contribution in [1.82, 2.24) is 0 Å². The van der Waals surface area contributed by atoms with Crippen molar-refractivity contribution in [2.24, 2.45) is 5.41 Å². The molecule has 0 saturated carbocycles. The van der Waals surface area contributed by atoms with Crippen LogP contribution in [-0.4, -0.2) is 11.2 Å². The molecule has 0 aliphatic carbocycles. The minimum Gasteiger partial charge on any atom is -0.393 e. The minimum atomic E-state index is -1.45. The van der Waals surface area contributed by atoms with Gasteiger partial charge in [0.25, 0.3) is 0 Å². The van der Waals surface area contributed by atoms with Gasteiger partial charge in [0.1, 0.15) is 0 Å². The van der Waals surface area contributed by atoms with Crippen LogP contribution in [0.3, 0.4) is 0 Å². The van der Waals surface area contributed by atoms with E-state index < -0.39 is 23.6 Å². The van der Waals surface area contributed by atoms with Crippen molar-refractivity contribution in [3.05, 3.63) is 35.1 Å². The first-order chi connectivity index (χ1) is 7.73. The molecule has 0 saturated heterocycles. The minimum absolute atomic E-state index is 0.0900. The molecule has 0 aliphatic rings. The SMILES string of the molecule is CC(C)(C)C(O)CCc1ccc(F)c(F)c1F. The van der Waals surface area contributed by atoms with Crippen LogP contribution in [0.15, 0.2) is 12.1 Å². The molecule has 17 heavy (non-hydrogen) atoms. The fourth-order valence-corrected chi connectivity index (χ4v) is 1.48. The van der Waals surface area contributed by atoms with Gasteiger partial charge in [0.05, 0.1) is 6.10 Å². The highest BCUT2D eigenvalue weighted by atomic mass is 19.2.